The lowest BCUT2D eigenvalue weighted by molar-refractivity contribution is 0.0180. The molecule has 0 aromatic heterocycles. The molecular weight excluding hydrogens is 256 g/mol. The van der Waals surface area contributed by atoms with Crippen LogP contribution in [0.2, 0.25) is 5.02 Å². The van der Waals surface area contributed by atoms with Crippen molar-refractivity contribution < 1.29 is 18.9 Å². The van der Waals surface area contributed by atoms with Crippen LogP contribution in [0.15, 0.2) is 24.3 Å². The quantitative estimate of drug-likeness (QED) is 0.614. The second-order valence-corrected chi connectivity index (χ2v) is 3.90. The predicted molar refractivity (Wildman–Crippen MR) is 70.5 cm³/mol. The number of hydrogen-bond acceptors (Lipinski definition) is 4. The van der Waals surface area contributed by atoms with Crippen molar-refractivity contribution in [3.8, 4) is 5.75 Å². The van der Waals surface area contributed by atoms with Gasteiger partial charge in [-0.2, -0.15) is 0 Å². The molecule has 0 unspecified atom stereocenters. The largest absolute Gasteiger partial charge is 0.490 e. The highest BCUT2D eigenvalue weighted by Gasteiger charge is 1.98. The zero-order valence-corrected chi connectivity index (χ0v) is 11.3. The summed E-state index contributed by atoms with van der Waals surface area (Å²) < 4.78 is 20.9. The summed E-state index contributed by atoms with van der Waals surface area (Å²) >= 11 is 5.94. The van der Waals surface area contributed by atoms with E-state index in [0.717, 1.165) is 0 Å². The molecule has 0 N–H and O–H groups in total. The number of rotatable bonds is 10. The van der Waals surface area contributed by atoms with E-state index in [2.05, 4.69) is 0 Å². The lowest BCUT2D eigenvalue weighted by atomic mass is 10.3. The summed E-state index contributed by atoms with van der Waals surface area (Å²) in [6.07, 6.45) is 0. The van der Waals surface area contributed by atoms with Crippen LogP contribution in [0.5, 0.6) is 5.75 Å². The van der Waals surface area contributed by atoms with Gasteiger partial charge in [-0.25, -0.2) is 0 Å². The van der Waals surface area contributed by atoms with Gasteiger partial charge >= 0.3 is 0 Å². The van der Waals surface area contributed by atoms with E-state index in [4.69, 9.17) is 30.5 Å². The Balaban J connectivity index is 1.94. The van der Waals surface area contributed by atoms with Gasteiger partial charge in [0.2, 0.25) is 0 Å². The maximum Gasteiger partial charge on any atom is 0.138 e. The van der Waals surface area contributed by atoms with Gasteiger partial charge in [0.15, 0.2) is 0 Å². The molecule has 0 aliphatic heterocycles. The fraction of sp³-hybridized carbons (Fsp3) is 0.538. The summed E-state index contributed by atoms with van der Waals surface area (Å²) in [5, 5.41) is 0.611. The number of benzene rings is 1. The van der Waals surface area contributed by atoms with E-state index >= 15 is 0 Å². The van der Waals surface area contributed by atoms with Crippen molar-refractivity contribution in [2.24, 2.45) is 0 Å². The molecule has 0 atom stereocenters. The monoisotopic (exact) mass is 274 g/mol. The van der Waals surface area contributed by atoms with Crippen molar-refractivity contribution in [1.29, 1.82) is 0 Å². The van der Waals surface area contributed by atoms with Crippen molar-refractivity contribution in [3.63, 3.8) is 0 Å². The number of hydrogen-bond donors (Lipinski definition) is 0. The highest BCUT2D eigenvalue weighted by atomic mass is 35.5. The first-order chi connectivity index (χ1) is 8.84. The Bertz CT molecular complexity index is 320. The average Bonchev–Trinajstić information content (AvgIpc) is 2.39. The fourth-order valence-corrected chi connectivity index (χ4v) is 1.43. The number of halogens is 1. The minimum Gasteiger partial charge on any atom is -0.490 e. The lowest BCUT2D eigenvalue weighted by Crippen LogP contribution is -2.12. The van der Waals surface area contributed by atoms with Crippen LogP contribution >= 0.6 is 11.6 Å². The number of methoxy groups -OCH3 is 1. The summed E-state index contributed by atoms with van der Waals surface area (Å²) in [4.78, 5) is 0. The third-order valence-corrected chi connectivity index (χ3v) is 2.44. The SMILES string of the molecule is COCCOCCOCCOc1ccccc1Cl. The standard InChI is InChI=1S/C13H19ClO4/c1-15-6-7-16-8-9-17-10-11-18-13-5-3-2-4-12(13)14/h2-5H,6-11H2,1H3. The maximum absolute atomic E-state index is 5.94. The first kappa shape index (κ1) is 15.2. The molecule has 0 bridgehead atoms. The Hall–Kier alpha value is -0.810. The smallest absolute Gasteiger partial charge is 0.138 e. The first-order valence-electron chi connectivity index (χ1n) is 5.86. The van der Waals surface area contributed by atoms with E-state index in [1.165, 1.54) is 0 Å². The molecular formula is C13H19ClO4. The van der Waals surface area contributed by atoms with E-state index in [-0.39, 0.29) is 0 Å². The molecule has 0 saturated heterocycles. The maximum atomic E-state index is 5.94. The fourth-order valence-electron chi connectivity index (χ4n) is 1.24. The highest BCUT2D eigenvalue weighted by Crippen LogP contribution is 2.22. The molecule has 0 spiro atoms. The van der Waals surface area contributed by atoms with E-state index < -0.39 is 0 Å². The van der Waals surface area contributed by atoms with Gasteiger partial charge in [0, 0.05) is 7.11 Å². The van der Waals surface area contributed by atoms with Gasteiger partial charge in [-0.05, 0) is 12.1 Å². The first-order valence-corrected chi connectivity index (χ1v) is 6.24. The molecule has 4 nitrogen and oxygen atoms in total. The molecule has 0 heterocycles. The molecule has 0 amide bonds. The predicted octanol–water partition coefficient (Wildman–Crippen LogP) is 2.40. The van der Waals surface area contributed by atoms with Gasteiger partial charge in [-0.3, -0.25) is 0 Å². The van der Waals surface area contributed by atoms with Crippen LogP contribution < -0.4 is 4.74 Å². The molecule has 0 radical (unpaired) electrons. The Kier molecular flexibility index (Phi) is 8.59. The molecule has 102 valence electrons. The zero-order chi connectivity index (χ0) is 13.1. The van der Waals surface area contributed by atoms with E-state index in [9.17, 15) is 0 Å². The normalized spacial score (nSPS) is 10.6. The second kappa shape index (κ2) is 10.1. The third kappa shape index (κ3) is 6.81. The minimum absolute atomic E-state index is 0.474. The van der Waals surface area contributed by atoms with Crippen molar-refractivity contribution >= 4 is 11.6 Å². The topological polar surface area (TPSA) is 36.9 Å². The molecule has 1 aromatic carbocycles. The third-order valence-electron chi connectivity index (χ3n) is 2.13. The summed E-state index contributed by atoms with van der Waals surface area (Å²) in [5.74, 6) is 0.680. The summed E-state index contributed by atoms with van der Waals surface area (Å²) in [7, 11) is 1.64. The van der Waals surface area contributed by atoms with Crippen LogP contribution in [-0.4, -0.2) is 46.8 Å². The number of ether oxygens (including phenoxy) is 4. The lowest BCUT2D eigenvalue weighted by Gasteiger charge is -2.08. The van der Waals surface area contributed by atoms with Crippen LogP contribution in [-0.2, 0) is 14.2 Å². The summed E-state index contributed by atoms with van der Waals surface area (Å²) in [6.45, 7) is 3.30. The molecule has 1 aromatic rings. The van der Waals surface area contributed by atoms with Gasteiger partial charge in [-0.1, -0.05) is 23.7 Å². The summed E-state index contributed by atoms with van der Waals surface area (Å²) in [5.41, 5.74) is 0. The molecule has 0 aliphatic rings. The molecule has 0 fully saturated rings. The Morgan fingerprint density at radius 3 is 2.17 bits per heavy atom. The second-order valence-electron chi connectivity index (χ2n) is 3.50. The summed E-state index contributed by atoms with van der Waals surface area (Å²) in [6, 6.07) is 7.37. The molecule has 18 heavy (non-hydrogen) atoms. The van der Waals surface area contributed by atoms with Crippen LogP contribution in [0.1, 0.15) is 0 Å². The average molecular weight is 275 g/mol. The molecule has 0 aliphatic carbocycles. The van der Waals surface area contributed by atoms with Crippen LogP contribution in [0.4, 0.5) is 0 Å². The van der Waals surface area contributed by atoms with Crippen LogP contribution in [0, 0.1) is 0 Å². The zero-order valence-electron chi connectivity index (χ0n) is 10.6. The van der Waals surface area contributed by atoms with Crippen LogP contribution in [0.25, 0.3) is 0 Å². The Labute approximate surface area is 113 Å². The highest BCUT2D eigenvalue weighted by molar-refractivity contribution is 6.32. The Morgan fingerprint density at radius 2 is 1.50 bits per heavy atom. The molecule has 5 heteroatoms. The van der Waals surface area contributed by atoms with E-state index in [1.54, 1.807) is 13.2 Å². The van der Waals surface area contributed by atoms with Crippen molar-refractivity contribution in [2.45, 2.75) is 0 Å². The van der Waals surface area contributed by atoms with Gasteiger partial charge in [0.25, 0.3) is 0 Å². The van der Waals surface area contributed by atoms with Gasteiger partial charge in [0.1, 0.15) is 12.4 Å². The van der Waals surface area contributed by atoms with Crippen molar-refractivity contribution in [3.05, 3.63) is 29.3 Å². The van der Waals surface area contributed by atoms with Crippen molar-refractivity contribution in [1.82, 2.24) is 0 Å². The van der Waals surface area contributed by atoms with E-state index in [0.29, 0.717) is 50.4 Å². The minimum atomic E-state index is 0.474. The van der Waals surface area contributed by atoms with Crippen molar-refractivity contribution in [2.75, 3.05) is 46.8 Å². The number of para-hydroxylation sites is 1. The van der Waals surface area contributed by atoms with Gasteiger partial charge in [0.05, 0.1) is 38.1 Å². The molecule has 0 saturated carbocycles. The van der Waals surface area contributed by atoms with Gasteiger partial charge in [-0.15, -0.1) is 0 Å². The Morgan fingerprint density at radius 1 is 0.889 bits per heavy atom. The van der Waals surface area contributed by atoms with Gasteiger partial charge < -0.3 is 18.9 Å². The molecule has 1 rings (SSSR count). The van der Waals surface area contributed by atoms with Crippen LogP contribution in [0.3, 0.4) is 0 Å². The van der Waals surface area contributed by atoms with E-state index in [1.807, 2.05) is 18.2 Å².